The minimum Gasteiger partial charge on any atom is -0.341 e. The Morgan fingerprint density at radius 2 is 1.94 bits per heavy atom. The maximum absolute atomic E-state index is 12.3. The molecule has 2 heteroatoms. The average molecular weight is 239 g/mol. The van der Waals surface area contributed by atoms with Gasteiger partial charge in [0, 0.05) is 18.0 Å². The van der Waals surface area contributed by atoms with Crippen LogP contribution in [0.1, 0.15) is 24.3 Å². The van der Waals surface area contributed by atoms with E-state index in [1.807, 2.05) is 61.9 Å². The molecule has 0 saturated carbocycles. The number of benzene rings is 1. The van der Waals surface area contributed by atoms with Crippen molar-refractivity contribution in [3.8, 4) is 0 Å². The summed E-state index contributed by atoms with van der Waals surface area (Å²) in [6, 6.07) is 9.93. The molecule has 0 saturated heterocycles. The Labute approximate surface area is 107 Å². The molecule has 0 amide bonds. The quantitative estimate of drug-likeness (QED) is 0.452. The first kappa shape index (κ1) is 12.4. The molecule has 0 N–H and O–H groups in total. The number of hydrogen-bond donors (Lipinski definition) is 0. The second-order valence-electron chi connectivity index (χ2n) is 4.65. The lowest BCUT2D eigenvalue weighted by atomic mass is 10.1. The van der Waals surface area contributed by atoms with Gasteiger partial charge in [-0.1, -0.05) is 36.4 Å². The van der Waals surface area contributed by atoms with Gasteiger partial charge >= 0.3 is 0 Å². The van der Waals surface area contributed by atoms with Crippen molar-refractivity contribution in [3.05, 3.63) is 59.8 Å². The molecular weight excluding hydrogens is 222 g/mol. The summed E-state index contributed by atoms with van der Waals surface area (Å²) in [6.45, 7) is 7.52. The van der Waals surface area contributed by atoms with E-state index in [4.69, 9.17) is 0 Å². The lowest BCUT2D eigenvalue weighted by Gasteiger charge is -2.04. The highest BCUT2D eigenvalue weighted by Crippen LogP contribution is 2.20. The summed E-state index contributed by atoms with van der Waals surface area (Å²) in [7, 11) is 1.92. The molecule has 0 aliphatic heterocycles. The van der Waals surface area contributed by atoms with Crippen LogP contribution >= 0.6 is 0 Å². The van der Waals surface area contributed by atoms with Gasteiger partial charge in [-0.15, -0.1) is 0 Å². The molecule has 0 fully saturated rings. The Morgan fingerprint density at radius 3 is 2.56 bits per heavy atom. The fourth-order valence-electron chi connectivity index (χ4n) is 2.14. The van der Waals surface area contributed by atoms with E-state index in [-0.39, 0.29) is 5.78 Å². The first-order chi connectivity index (χ1) is 8.50. The highest BCUT2D eigenvalue weighted by atomic mass is 16.1. The molecule has 18 heavy (non-hydrogen) atoms. The fourth-order valence-corrected chi connectivity index (χ4v) is 2.14. The summed E-state index contributed by atoms with van der Waals surface area (Å²) in [5.41, 5.74) is 3.39. The first-order valence-corrected chi connectivity index (χ1v) is 5.93. The average Bonchev–Trinajstić information content (AvgIpc) is 2.66. The number of aryl methyl sites for hydroxylation is 1. The van der Waals surface area contributed by atoms with Gasteiger partial charge in [0.25, 0.3) is 0 Å². The van der Waals surface area contributed by atoms with Gasteiger partial charge < -0.3 is 4.57 Å². The molecule has 1 aromatic heterocycles. The predicted octanol–water partition coefficient (Wildman–Crippen LogP) is 3.88. The molecule has 0 unspecified atom stereocenters. The van der Waals surface area contributed by atoms with Crippen LogP contribution in [-0.4, -0.2) is 10.4 Å². The van der Waals surface area contributed by atoms with Crippen LogP contribution < -0.4 is 0 Å². The van der Waals surface area contributed by atoms with Gasteiger partial charge in [-0.25, -0.2) is 0 Å². The van der Waals surface area contributed by atoms with Gasteiger partial charge in [-0.05, 0) is 31.6 Å². The molecule has 0 spiro atoms. The number of fused-ring (bicyclic) bond motifs is 1. The van der Waals surface area contributed by atoms with Crippen LogP contribution in [0.5, 0.6) is 0 Å². The summed E-state index contributed by atoms with van der Waals surface area (Å²) in [5, 5.41) is 1.09. The second kappa shape index (κ2) is 4.65. The molecule has 2 nitrogen and oxygen atoms in total. The van der Waals surface area contributed by atoms with Crippen molar-refractivity contribution in [2.45, 2.75) is 13.8 Å². The van der Waals surface area contributed by atoms with Crippen molar-refractivity contribution in [2.75, 3.05) is 0 Å². The van der Waals surface area contributed by atoms with Crippen LogP contribution in [0.4, 0.5) is 0 Å². The zero-order valence-electron chi connectivity index (χ0n) is 11.0. The van der Waals surface area contributed by atoms with E-state index < -0.39 is 0 Å². The molecule has 0 aliphatic rings. The van der Waals surface area contributed by atoms with E-state index in [0.717, 1.165) is 16.5 Å². The van der Waals surface area contributed by atoms with Gasteiger partial charge in [0.15, 0.2) is 0 Å². The SMILES string of the molecule is C=C(C)/C=C(\C)C(=O)c1cc2ccccc2n1C. The predicted molar refractivity (Wildman–Crippen MR) is 75.8 cm³/mol. The number of carbonyl (C=O) groups is 1. The topological polar surface area (TPSA) is 22.0 Å². The minimum atomic E-state index is 0.0525. The zero-order chi connectivity index (χ0) is 13.3. The Morgan fingerprint density at radius 1 is 1.28 bits per heavy atom. The third-order valence-corrected chi connectivity index (χ3v) is 3.01. The number of Topliss-reactive ketones (excluding diaryl/α,β-unsaturated/α-hetero) is 1. The third kappa shape index (κ3) is 2.14. The van der Waals surface area contributed by atoms with Crippen molar-refractivity contribution in [2.24, 2.45) is 7.05 Å². The molecule has 1 aromatic carbocycles. The van der Waals surface area contributed by atoms with Crippen LogP contribution in [0, 0.1) is 0 Å². The van der Waals surface area contributed by atoms with E-state index >= 15 is 0 Å². The minimum absolute atomic E-state index is 0.0525. The number of carbonyl (C=O) groups excluding carboxylic acids is 1. The van der Waals surface area contributed by atoms with Crippen molar-refractivity contribution < 1.29 is 4.79 Å². The lowest BCUT2D eigenvalue weighted by Crippen LogP contribution is -2.06. The monoisotopic (exact) mass is 239 g/mol. The number of hydrogen-bond acceptors (Lipinski definition) is 1. The molecule has 0 aliphatic carbocycles. The van der Waals surface area contributed by atoms with E-state index in [1.54, 1.807) is 0 Å². The van der Waals surface area contributed by atoms with E-state index in [2.05, 4.69) is 6.58 Å². The molecule has 0 radical (unpaired) electrons. The van der Waals surface area contributed by atoms with Crippen LogP contribution in [0.15, 0.2) is 54.1 Å². The van der Waals surface area contributed by atoms with E-state index in [9.17, 15) is 4.79 Å². The zero-order valence-corrected chi connectivity index (χ0v) is 11.0. The molecule has 1 heterocycles. The third-order valence-electron chi connectivity index (χ3n) is 3.01. The van der Waals surface area contributed by atoms with Crippen LogP contribution in [0.3, 0.4) is 0 Å². The number of allylic oxidation sites excluding steroid dienone is 3. The largest absolute Gasteiger partial charge is 0.341 e. The molecule has 0 atom stereocenters. The first-order valence-electron chi connectivity index (χ1n) is 5.93. The Bertz CT molecular complexity index is 659. The number of para-hydroxylation sites is 1. The maximum Gasteiger partial charge on any atom is 0.205 e. The van der Waals surface area contributed by atoms with Crippen LogP contribution in [0.2, 0.25) is 0 Å². The van der Waals surface area contributed by atoms with E-state index in [1.165, 1.54) is 0 Å². The Kier molecular flexibility index (Phi) is 3.19. The summed E-state index contributed by atoms with van der Waals surface area (Å²) in [6.07, 6.45) is 1.82. The molecular formula is C16H17NO. The molecule has 2 rings (SSSR count). The Balaban J connectivity index is 2.52. The molecule has 92 valence electrons. The Hall–Kier alpha value is -2.09. The standard InChI is InChI=1S/C16H17NO/c1-11(2)9-12(3)16(18)15-10-13-7-5-6-8-14(13)17(15)4/h5-10H,1H2,2-4H3/b12-9+. The van der Waals surface area contributed by atoms with Gasteiger partial charge in [0.05, 0.1) is 5.69 Å². The molecule has 2 aromatic rings. The number of ketones is 1. The van der Waals surface area contributed by atoms with Crippen molar-refractivity contribution in [1.82, 2.24) is 4.57 Å². The fraction of sp³-hybridized carbons (Fsp3) is 0.188. The number of nitrogens with zero attached hydrogens (tertiary/aromatic N) is 1. The van der Waals surface area contributed by atoms with Gasteiger partial charge in [0.1, 0.15) is 0 Å². The van der Waals surface area contributed by atoms with Crippen molar-refractivity contribution in [3.63, 3.8) is 0 Å². The highest BCUT2D eigenvalue weighted by Gasteiger charge is 2.14. The normalized spacial score (nSPS) is 11.8. The highest BCUT2D eigenvalue weighted by molar-refractivity contribution is 6.10. The van der Waals surface area contributed by atoms with Crippen molar-refractivity contribution >= 4 is 16.7 Å². The second-order valence-corrected chi connectivity index (χ2v) is 4.65. The van der Waals surface area contributed by atoms with Gasteiger partial charge in [-0.2, -0.15) is 0 Å². The lowest BCUT2D eigenvalue weighted by molar-refractivity contribution is 0.102. The number of aromatic nitrogens is 1. The van der Waals surface area contributed by atoms with E-state index in [0.29, 0.717) is 11.3 Å². The summed E-state index contributed by atoms with van der Waals surface area (Å²) >= 11 is 0. The smallest absolute Gasteiger partial charge is 0.205 e. The van der Waals surface area contributed by atoms with Crippen LogP contribution in [-0.2, 0) is 7.05 Å². The van der Waals surface area contributed by atoms with Crippen molar-refractivity contribution in [1.29, 1.82) is 0 Å². The maximum atomic E-state index is 12.3. The summed E-state index contributed by atoms with van der Waals surface area (Å²) in [5.74, 6) is 0.0525. The summed E-state index contributed by atoms with van der Waals surface area (Å²) < 4.78 is 1.94. The number of rotatable bonds is 3. The summed E-state index contributed by atoms with van der Waals surface area (Å²) in [4.78, 5) is 12.3. The van der Waals surface area contributed by atoms with Crippen LogP contribution in [0.25, 0.3) is 10.9 Å². The molecule has 0 bridgehead atoms. The van der Waals surface area contributed by atoms with Gasteiger partial charge in [0.2, 0.25) is 5.78 Å². The van der Waals surface area contributed by atoms with Gasteiger partial charge in [-0.3, -0.25) is 4.79 Å².